The van der Waals surface area contributed by atoms with E-state index in [1.54, 1.807) is 0 Å². The topological polar surface area (TPSA) is 31.5 Å². The quantitative estimate of drug-likeness (QED) is 0.294. The monoisotopic (exact) mass is 452 g/mol. The van der Waals surface area contributed by atoms with Crippen molar-refractivity contribution in [1.82, 2.24) is 0 Å². The Morgan fingerprint density at radius 1 is 0.435 bits per heavy atom. The van der Waals surface area contributed by atoms with E-state index < -0.39 is 7.92 Å². The molecular formula is C18H17Cl2OPRu. The van der Waals surface area contributed by atoms with Crippen LogP contribution >= 0.6 is 7.92 Å². The van der Waals surface area contributed by atoms with Crippen molar-refractivity contribution in [2.24, 2.45) is 0 Å². The van der Waals surface area contributed by atoms with Crippen LogP contribution in [-0.4, -0.2) is 5.48 Å². The van der Waals surface area contributed by atoms with E-state index in [0.717, 1.165) is 0 Å². The standard InChI is InChI=1S/C18H15P.2ClH.H2O.Ru/c1-4-10-16(11-5-1)19(17-12-6-2-7-13-17)18-14-8-3-9-15-18;;;;/h1-15H;2*1H;1H2;/q;;;;+2/p-2. The van der Waals surface area contributed by atoms with Crippen LogP contribution < -0.4 is 40.7 Å². The minimum absolute atomic E-state index is 0. The number of halogens is 2. The summed E-state index contributed by atoms with van der Waals surface area (Å²) >= 11 is 0. The summed E-state index contributed by atoms with van der Waals surface area (Å²) in [4.78, 5) is 0. The Balaban J connectivity index is 0. The van der Waals surface area contributed by atoms with Crippen LogP contribution in [0.4, 0.5) is 0 Å². The molecule has 0 amide bonds. The average molecular weight is 452 g/mol. The molecule has 5 heteroatoms. The van der Waals surface area contributed by atoms with E-state index in [-0.39, 0.29) is 49.8 Å². The summed E-state index contributed by atoms with van der Waals surface area (Å²) < 4.78 is 0. The van der Waals surface area contributed by atoms with Crippen LogP contribution in [0, 0.1) is 0 Å². The Morgan fingerprint density at radius 3 is 0.870 bits per heavy atom. The van der Waals surface area contributed by atoms with Crippen LogP contribution in [-0.2, 0) is 19.5 Å². The minimum Gasteiger partial charge on any atom is -1.00 e. The summed E-state index contributed by atoms with van der Waals surface area (Å²) in [6.45, 7) is 0. The van der Waals surface area contributed by atoms with Crippen LogP contribution in [0.2, 0.25) is 0 Å². The van der Waals surface area contributed by atoms with Gasteiger partial charge < -0.3 is 30.3 Å². The third kappa shape index (κ3) is 6.34. The van der Waals surface area contributed by atoms with Gasteiger partial charge in [0.2, 0.25) is 0 Å². The van der Waals surface area contributed by atoms with Gasteiger partial charge in [0.25, 0.3) is 0 Å². The second kappa shape index (κ2) is 12.6. The number of hydrogen-bond donors (Lipinski definition) is 0. The number of rotatable bonds is 3. The van der Waals surface area contributed by atoms with Crippen molar-refractivity contribution in [3.63, 3.8) is 0 Å². The second-order valence-corrected chi connectivity index (χ2v) is 6.56. The molecule has 0 bridgehead atoms. The predicted molar refractivity (Wildman–Crippen MR) is 88.8 cm³/mol. The van der Waals surface area contributed by atoms with Crippen LogP contribution in [0.1, 0.15) is 0 Å². The summed E-state index contributed by atoms with van der Waals surface area (Å²) in [7, 11) is -0.446. The zero-order valence-electron chi connectivity index (χ0n) is 12.2. The van der Waals surface area contributed by atoms with Crippen molar-refractivity contribution in [2.75, 3.05) is 0 Å². The zero-order chi connectivity index (χ0) is 12.9. The third-order valence-corrected chi connectivity index (χ3v) is 5.49. The van der Waals surface area contributed by atoms with Crippen molar-refractivity contribution in [1.29, 1.82) is 0 Å². The molecule has 0 unspecified atom stereocenters. The largest absolute Gasteiger partial charge is 2.00 e. The molecule has 0 aromatic heterocycles. The molecule has 122 valence electrons. The van der Waals surface area contributed by atoms with Crippen LogP contribution in [0.25, 0.3) is 0 Å². The molecule has 2 N–H and O–H groups in total. The first-order valence-corrected chi connectivity index (χ1v) is 7.74. The average Bonchev–Trinajstić information content (AvgIpc) is 2.51. The molecule has 0 aliphatic carbocycles. The first-order valence-electron chi connectivity index (χ1n) is 6.40. The molecule has 0 fully saturated rings. The van der Waals surface area contributed by atoms with Gasteiger partial charge in [0.15, 0.2) is 0 Å². The maximum Gasteiger partial charge on any atom is 2.00 e. The Kier molecular flexibility index (Phi) is 13.5. The van der Waals surface area contributed by atoms with Crippen LogP contribution in [0.5, 0.6) is 0 Å². The molecule has 0 spiro atoms. The predicted octanol–water partition coefficient (Wildman–Crippen LogP) is -3.37. The third-order valence-electron chi connectivity index (χ3n) is 3.04. The molecule has 3 aromatic carbocycles. The van der Waals surface area contributed by atoms with Crippen molar-refractivity contribution in [3.05, 3.63) is 91.0 Å². The number of hydrogen-bond acceptors (Lipinski definition) is 0. The Bertz CT molecular complexity index is 545. The summed E-state index contributed by atoms with van der Waals surface area (Å²) in [6.07, 6.45) is 0. The van der Waals surface area contributed by atoms with Gasteiger partial charge in [-0.15, -0.1) is 0 Å². The fraction of sp³-hybridized carbons (Fsp3) is 0. The molecule has 0 saturated heterocycles. The first kappa shape index (κ1) is 24.5. The van der Waals surface area contributed by atoms with Gasteiger partial charge in [0, 0.05) is 0 Å². The number of benzene rings is 3. The van der Waals surface area contributed by atoms with Gasteiger partial charge in [0.1, 0.15) is 0 Å². The molecule has 0 radical (unpaired) electrons. The van der Waals surface area contributed by atoms with Gasteiger partial charge >= 0.3 is 19.5 Å². The van der Waals surface area contributed by atoms with Gasteiger partial charge in [-0.3, -0.25) is 0 Å². The molecule has 0 heterocycles. The SMILES string of the molecule is O.[Cl-].[Cl-].[Ru+2].c1ccc(P(c2ccccc2)c2ccccc2)cc1. The molecule has 23 heavy (non-hydrogen) atoms. The Labute approximate surface area is 164 Å². The summed E-state index contributed by atoms with van der Waals surface area (Å²) in [5.41, 5.74) is 0. The summed E-state index contributed by atoms with van der Waals surface area (Å²) in [5, 5.41) is 4.19. The minimum atomic E-state index is -0.446. The normalized spacial score (nSPS) is 8.74. The Morgan fingerprint density at radius 2 is 0.652 bits per heavy atom. The maximum absolute atomic E-state index is 2.23. The Hall–Kier alpha value is -0.747. The fourth-order valence-electron chi connectivity index (χ4n) is 2.18. The second-order valence-electron chi connectivity index (χ2n) is 4.34. The summed E-state index contributed by atoms with van der Waals surface area (Å²) in [6, 6.07) is 32.3. The van der Waals surface area contributed by atoms with E-state index in [4.69, 9.17) is 0 Å². The molecule has 3 aromatic rings. The molecule has 1 nitrogen and oxygen atoms in total. The van der Waals surface area contributed by atoms with Gasteiger partial charge in [0.05, 0.1) is 0 Å². The van der Waals surface area contributed by atoms with E-state index in [1.165, 1.54) is 15.9 Å². The van der Waals surface area contributed by atoms with E-state index >= 15 is 0 Å². The molecule has 0 aliphatic heterocycles. The van der Waals surface area contributed by atoms with Crippen molar-refractivity contribution >= 4 is 23.8 Å². The molecule has 0 aliphatic rings. The van der Waals surface area contributed by atoms with Gasteiger partial charge in [-0.1, -0.05) is 91.0 Å². The van der Waals surface area contributed by atoms with Crippen molar-refractivity contribution in [2.45, 2.75) is 0 Å². The molecule has 3 rings (SSSR count). The smallest absolute Gasteiger partial charge is 1.00 e. The van der Waals surface area contributed by atoms with Crippen molar-refractivity contribution < 1.29 is 49.8 Å². The van der Waals surface area contributed by atoms with Crippen LogP contribution in [0.15, 0.2) is 91.0 Å². The molecule has 0 atom stereocenters. The maximum atomic E-state index is 2.23. The van der Waals surface area contributed by atoms with Crippen LogP contribution in [0.3, 0.4) is 0 Å². The van der Waals surface area contributed by atoms with E-state index in [2.05, 4.69) is 91.0 Å². The van der Waals surface area contributed by atoms with E-state index in [9.17, 15) is 0 Å². The first-order chi connectivity index (χ1) is 9.45. The molecular weight excluding hydrogens is 435 g/mol. The molecule has 0 saturated carbocycles. The van der Waals surface area contributed by atoms with Gasteiger partial charge in [-0.2, -0.15) is 0 Å². The fourth-order valence-corrected chi connectivity index (χ4v) is 4.48. The van der Waals surface area contributed by atoms with E-state index in [0.29, 0.717) is 0 Å². The zero-order valence-corrected chi connectivity index (χ0v) is 16.4. The van der Waals surface area contributed by atoms with Crippen molar-refractivity contribution in [3.8, 4) is 0 Å². The van der Waals surface area contributed by atoms with Gasteiger partial charge in [-0.05, 0) is 23.8 Å². The summed E-state index contributed by atoms with van der Waals surface area (Å²) in [5.74, 6) is 0. The van der Waals surface area contributed by atoms with Gasteiger partial charge in [-0.25, -0.2) is 0 Å². The van der Waals surface area contributed by atoms with E-state index in [1.807, 2.05) is 0 Å².